The lowest BCUT2D eigenvalue weighted by Crippen LogP contribution is -1.98. The van der Waals surface area contributed by atoms with Gasteiger partial charge in [-0.2, -0.15) is 0 Å². The highest BCUT2D eigenvalue weighted by molar-refractivity contribution is 5.66. The van der Waals surface area contributed by atoms with Crippen molar-refractivity contribution in [3.8, 4) is 0 Å². The van der Waals surface area contributed by atoms with E-state index in [0.29, 0.717) is 12.4 Å². The predicted octanol–water partition coefficient (Wildman–Crippen LogP) is 0.353. The first-order chi connectivity index (χ1) is 4.83. The summed E-state index contributed by atoms with van der Waals surface area (Å²) in [4.78, 5) is 17.5. The minimum absolute atomic E-state index is 0.334. The van der Waals surface area contributed by atoms with Gasteiger partial charge in [-0.05, 0) is 12.5 Å². The summed E-state index contributed by atoms with van der Waals surface area (Å²) in [6.45, 7) is 1.88. The standard InChI is InChI=1S/C6H7N3O/c1-5-2-7-6(8-3-5)9-4-10/h2-4H,1H3,(H,7,8,9,10). The second-order valence-electron chi connectivity index (χ2n) is 1.85. The van der Waals surface area contributed by atoms with Gasteiger partial charge in [0.25, 0.3) is 0 Å². The van der Waals surface area contributed by atoms with Gasteiger partial charge in [0.05, 0.1) is 0 Å². The summed E-state index contributed by atoms with van der Waals surface area (Å²) >= 11 is 0. The lowest BCUT2D eigenvalue weighted by Gasteiger charge is -1.94. The number of nitrogens with zero attached hydrogens (tertiary/aromatic N) is 2. The summed E-state index contributed by atoms with van der Waals surface area (Å²) in [6.07, 6.45) is 3.82. The Balaban J connectivity index is 2.78. The summed E-state index contributed by atoms with van der Waals surface area (Å²) in [5.41, 5.74) is 0.969. The number of nitrogens with one attached hydrogen (secondary N) is 1. The molecule has 1 aromatic rings. The minimum Gasteiger partial charge on any atom is -0.297 e. The number of amides is 1. The van der Waals surface area contributed by atoms with Crippen LogP contribution in [-0.2, 0) is 4.79 Å². The van der Waals surface area contributed by atoms with Crippen molar-refractivity contribution in [2.24, 2.45) is 0 Å². The second kappa shape index (κ2) is 2.91. The van der Waals surface area contributed by atoms with Gasteiger partial charge in [0.2, 0.25) is 12.4 Å². The Hall–Kier alpha value is -1.45. The summed E-state index contributed by atoms with van der Waals surface area (Å²) in [5.74, 6) is 0.334. The summed E-state index contributed by atoms with van der Waals surface area (Å²) in [7, 11) is 0. The van der Waals surface area contributed by atoms with Crippen molar-refractivity contribution < 1.29 is 4.79 Å². The topological polar surface area (TPSA) is 54.9 Å². The van der Waals surface area contributed by atoms with E-state index < -0.39 is 0 Å². The fraction of sp³-hybridized carbons (Fsp3) is 0.167. The molecule has 0 aliphatic rings. The van der Waals surface area contributed by atoms with Crippen molar-refractivity contribution in [2.75, 3.05) is 5.32 Å². The summed E-state index contributed by atoms with van der Waals surface area (Å²) in [5, 5.41) is 2.33. The number of carbonyl (C=O) groups is 1. The first-order valence-corrected chi connectivity index (χ1v) is 2.82. The van der Waals surface area contributed by atoms with Crippen LogP contribution < -0.4 is 5.32 Å². The van der Waals surface area contributed by atoms with Crippen molar-refractivity contribution in [3.05, 3.63) is 18.0 Å². The van der Waals surface area contributed by atoms with Crippen LogP contribution in [0.15, 0.2) is 12.4 Å². The maximum atomic E-state index is 9.87. The monoisotopic (exact) mass is 137 g/mol. The summed E-state index contributed by atoms with van der Waals surface area (Å²) < 4.78 is 0. The number of hydrogen-bond acceptors (Lipinski definition) is 3. The van der Waals surface area contributed by atoms with Gasteiger partial charge in [-0.3, -0.25) is 10.1 Å². The smallest absolute Gasteiger partial charge is 0.229 e. The van der Waals surface area contributed by atoms with E-state index in [1.807, 2.05) is 6.92 Å². The van der Waals surface area contributed by atoms with Gasteiger partial charge in [-0.1, -0.05) is 0 Å². The lowest BCUT2D eigenvalue weighted by molar-refractivity contribution is -0.105. The second-order valence-corrected chi connectivity index (χ2v) is 1.85. The Morgan fingerprint density at radius 1 is 1.50 bits per heavy atom. The van der Waals surface area contributed by atoms with Crippen LogP contribution in [0.1, 0.15) is 5.56 Å². The van der Waals surface area contributed by atoms with Crippen LogP contribution in [-0.4, -0.2) is 16.4 Å². The van der Waals surface area contributed by atoms with Crippen LogP contribution in [0.3, 0.4) is 0 Å². The number of aromatic nitrogens is 2. The largest absolute Gasteiger partial charge is 0.297 e. The van der Waals surface area contributed by atoms with Crippen LogP contribution in [0, 0.1) is 6.92 Å². The highest BCUT2D eigenvalue weighted by Crippen LogP contribution is 1.95. The molecule has 1 N–H and O–H groups in total. The molecule has 0 saturated carbocycles. The molecular weight excluding hydrogens is 130 g/mol. The van der Waals surface area contributed by atoms with Gasteiger partial charge in [0, 0.05) is 12.4 Å². The molecule has 0 spiro atoms. The molecule has 0 atom stereocenters. The van der Waals surface area contributed by atoms with Crippen LogP contribution in [0.2, 0.25) is 0 Å². The van der Waals surface area contributed by atoms with Gasteiger partial charge in [0.15, 0.2) is 0 Å². The first kappa shape index (κ1) is 6.67. The van der Waals surface area contributed by atoms with E-state index in [2.05, 4.69) is 15.3 Å². The third-order valence-electron chi connectivity index (χ3n) is 0.969. The normalized spacial score (nSPS) is 8.90. The zero-order valence-corrected chi connectivity index (χ0v) is 5.53. The van der Waals surface area contributed by atoms with E-state index in [1.54, 1.807) is 12.4 Å². The molecule has 10 heavy (non-hydrogen) atoms. The lowest BCUT2D eigenvalue weighted by atomic mass is 10.4. The molecule has 1 rings (SSSR count). The third kappa shape index (κ3) is 1.51. The van der Waals surface area contributed by atoms with E-state index in [4.69, 9.17) is 0 Å². The van der Waals surface area contributed by atoms with E-state index in [-0.39, 0.29) is 0 Å². The van der Waals surface area contributed by atoms with Crippen molar-refractivity contribution in [1.29, 1.82) is 0 Å². The molecule has 1 heterocycles. The van der Waals surface area contributed by atoms with Crippen LogP contribution in [0.4, 0.5) is 5.95 Å². The molecular formula is C6H7N3O. The van der Waals surface area contributed by atoms with Crippen molar-refractivity contribution in [2.45, 2.75) is 6.92 Å². The van der Waals surface area contributed by atoms with Gasteiger partial charge in [-0.25, -0.2) is 9.97 Å². The van der Waals surface area contributed by atoms with Crippen molar-refractivity contribution in [3.63, 3.8) is 0 Å². The summed E-state index contributed by atoms with van der Waals surface area (Å²) in [6, 6.07) is 0. The molecule has 0 aliphatic carbocycles. The van der Waals surface area contributed by atoms with E-state index in [1.165, 1.54) is 0 Å². The molecule has 0 bridgehead atoms. The fourth-order valence-corrected chi connectivity index (χ4v) is 0.520. The Morgan fingerprint density at radius 3 is 2.60 bits per heavy atom. The van der Waals surface area contributed by atoms with Gasteiger partial charge < -0.3 is 0 Å². The fourth-order valence-electron chi connectivity index (χ4n) is 0.520. The number of carbonyl (C=O) groups excluding carboxylic acids is 1. The quantitative estimate of drug-likeness (QED) is 0.598. The van der Waals surface area contributed by atoms with Gasteiger partial charge in [-0.15, -0.1) is 0 Å². The predicted molar refractivity (Wildman–Crippen MR) is 36.5 cm³/mol. The molecule has 0 unspecified atom stereocenters. The molecule has 52 valence electrons. The van der Waals surface area contributed by atoms with Crippen LogP contribution >= 0.6 is 0 Å². The molecule has 4 heteroatoms. The Kier molecular flexibility index (Phi) is 1.94. The highest BCUT2D eigenvalue weighted by atomic mass is 16.1. The SMILES string of the molecule is Cc1cnc(NC=O)nc1. The van der Waals surface area contributed by atoms with Gasteiger partial charge >= 0.3 is 0 Å². The maximum absolute atomic E-state index is 9.87. The number of aryl methyl sites for hydroxylation is 1. The molecule has 1 aromatic heterocycles. The minimum atomic E-state index is 0.334. The van der Waals surface area contributed by atoms with E-state index >= 15 is 0 Å². The zero-order valence-electron chi connectivity index (χ0n) is 5.53. The number of hydrogen-bond donors (Lipinski definition) is 1. The Bertz CT molecular complexity index is 219. The molecule has 1 amide bonds. The van der Waals surface area contributed by atoms with Crippen molar-refractivity contribution >= 4 is 12.4 Å². The first-order valence-electron chi connectivity index (χ1n) is 2.82. The molecule has 0 saturated heterocycles. The van der Waals surface area contributed by atoms with Crippen molar-refractivity contribution in [1.82, 2.24) is 9.97 Å². The number of anilines is 1. The zero-order chi connectivity index (χ0) is 7.40. The Labute approximate surface area is 58.3 Å². The molecule has 4 nitrogen and oxygen atoms in total. The average molecular weight is 137 g/mol. The highest BCUT2D eigenvalue weighted by Gasteiger charge is 1.89. The maximum Gasteiger partial charge on any atom is 0.229 e. The third-order valence-corrected chi connectivity index (χ3v) is 0.969. The molecule has 0 fully saturated rings. The van der Waals surface area contributed by atoms with Crippen LogP contribution in [0.25, 0.3) is 0 Å². The average Bonchev–Trinajstić information content (AvgIpc) is 1.95. The number of rotatable bonds is 2. The van der Waals surface area contributed by atoms with Crippen LogP contribution in [0.5, 0.6) is 0 Å². The molecule has 0 aliphatic heterocycles. The molecule has 0 radical (unpaired) electrons. The Morgan fingerprint density at radius 2 is 2.10 bits per heavy atom. The van der Waals surface area contributed by atoms with E-state index in [9.17, 15) is 4.79 Å². The molecule has 0 aromatic carbocycles. The van der Waals surface area contributed by atoms with E-state index in [0.717, 1.165) is 5.56 Å². The van der Waals surface area contributed by atoms with Gasteiger partial charge in [0.1, 0.15) is 0 Å².